The maximum absolute atomic E-state index is 12.4. The zero-order valence-electron chi connectivity index (χ0n) is 12.3. The van der Waals surface area contributed by atoms with Crippen LogP contribution in [0.3, 0.4) is 0 Å². The molecule has 5 nitrogen and oxygen atoms in total. The lowest BCUT2D eigenvalue weighted by atomic mass is 9.99. The maximum Gasteiger partial charge on any atom is 0.310 e. The number of carbonyl (C=O) groups excluding carboxylic acids is 2. The lowest BCUT2D eigenvalue weighted by Crippen LogP contribution is -2.10. The number of nitrogens with two attached hydrogens (primary N) is 2. The number of ether oxygens (including phenoxy) is 1. The predicted octanol–water partition coefficient (Wildman–Crippen LogP) is 2.19. The number of benzene rings is 2. The Hall–Kier alpha value is -2.82. The van der Waals surface area contributed by atoms with Crippen LogP contribution in [0.15, 0.2) is 42.5 Å². The summed E-state index contributed by atoms with van der Waals surface area (Å²) in [6.07, 6.45) is 0.0897. The Morgan fingerprint density at radius 3 is 2.41 bits per heavy atom. The average molecular weight is 298 g/mol. The van der Waals surface area contributed by atoms with E-state index in [2.05, 4.69) is 0 Å². The minimum atomic E-state index is -0.343. The maximum atomic E-state index is 12.4. The van der Waals surface area contributed by atoms with Gasteiger partial charge < -0.3 is 16.2 Å². The van der Waals surface area contributed by atoms with Crippen LogP contribution in [0.5, 0.6) is 0 Å². The van der Waals surface area contributed by atoms with Crippen LogP contribution in [0.25, 0.3) is 0 Å². The van der Waals surface area contributed by atoms with Gasteiger partial charge in [0.15, 0.2) is 5.78 Å². The molecule has 22 heavy (non-hydrogen) atoms. The van der Waals surface area contributed by atoms with E-state index in [0.717, 1.165) is 0 Å². The minimum Gasteiger partial charge on any atom is -0.466 e. The first-order valence-corrected chi connectivity index (χ1v) is 6.95. The molecule has 2 aromatic rings. The van der Waals surface area contributed by atoms with Gasteiger partial charge in [0.25, 0.3) is 0 Å². The second-order valence-electron chi connectivity index (χ2n) is 4.85. The standard InChI is InChI=1S/C17H18N2O3/c1-2-22-16(20)10-11-6-7-13(9-15(11)19)17(21)12-4-3-5-14(18)8-12/h3-9H,2,10,18-19H2,1H3. The van der Waals surface area contributed by atoms with Crippen molar-refractivity contribution in [1.29, 1.82) is 0 Å². The molecule has 0 spiro atoms. The number of hydrogen-bond acceptors (Lipinski definition) is 5. The number of hydrogen-bond donors (Lipinski definition) is 2. The second kappa shape index (κ2) is 6.76. The molecule has 114 valence electrons. The van der Waals surface area contributed by atoms with E-state index >= 15 is 0 Å². The van der Waals surface area contributed by atoms with Crippen LogP contribution in [-0.2, 0) is 16.0 Å². The highest BCUT2D eigenvalue weighted by Crippen LogP contribution is 2.19. The van der Waals surface area contributed by atoms with Crippen molar-refractivity contribution in [2.24, 2.45) is 0 Å². The molecule has 0 aliphatic heterocycles. The van der Waals surface area contributed by atoms with Crippen molar-refractivity contribution in [1.82, 2.24) is 0 Å². The molecule has 2 rings (SSSR count). The molecule has 0 aliphatic carbocycles. The molecular weight excluding hydrogens is 280 g/mol. The molecule has 0 saturated heterocycles. The topological polar surface area (TPSA) is 95.4 Å². The number of carbonyl (C=O) groups is 2. The zero-order chi connectivity index (χ0) is 16.1. The van der Waals surface area contributed by atoms with Crippen molar-refractivity contribution in [3.05, 3.63) is 59.2 Å². The molecule has 0 bridgehead atoms. The lowest BCUT2D eigenvalue weighted by Gasteiger charge is -2.08. The van der Waals surface area contributed by atoms with Crippen LogP contribution in [0.4, 0.5) is 11.4 Å². The molecule has 0 aliphatic rings. The Balaban J connectivity index is 2.22. The molecule has 0 atom stereocenters. The van der Waals surface area contributed by atoms with Gasteiger partial charge in [-0.05, 0) is 30.7 Å². The highest BCUT2D eigenvalue weighted by molar-refractivity contribution is 6.09. The first kappa shape index (κ1) is 15.6. The van der Waals surface area contributed by atoms with Crippen LogP contribution in [0.2, 0.25) is 0 Å². The number of rotatable bonds is 5. The fourth-order valence-electron chi connectivity index (χ4n) is 2.11. The third-order valence-electron chi connectivity index (χ3n) is 3.20. The summed E-state index contributed by atoms with van der Waals surface area (Å²) in [7, 11) is 0. The van der Waals surface area contributed by atoms with Crippen molar-refractivity contribution in [2.45, 2.75) is 13.3 Å². The summed E-state index contributed by atoms with van der Waals surface area (Å²) in [6.45, 7) is 2.07. The highest BCUT2D eigenvalue weighted by atomic mass is 16.5. The van der Waals surface area contributed by atoms with Crippen molar-refractivity contribution in [2.75, 3.05) is 18.1 Å². The number of ketones is 1. The van der Waals surface area contributed by atoms with Crippen LogP contribution in [-0.4, -0.2) is 18.4 Å². The molecule has 0 aromatic heterocycles. The number of esters is 1. The summed E-state index contributed by atoms with van der Waals surface area (Å²) in [6, 6.07) is 11.6. The monoisotopic (exact) mass is 298 g/mol. The van der Waals surface area contributed by atoms with E-state index in [1.165, 1.54) is 0 Å². The van der Waals surface area contributed by atoms with Crippen LogP contribution >= 0.6 is 0 Å². The Kier molecular flexibility index (Phi) is 4.78. The van der Waals surface area contributed by atoms with E-state index in [0.29, 0.717) is 34.7 Å². The quantitative estimate of drug-likeness (QED) is 0.501. The summed E-state index contributed by atoms with van der Waals surface area (Å²) in [5.41, 5.74) is 14.1. The van der Waals surface area contributed by atoms with Gasteiger partial charge in [-0.25, -0.2) is 0 Å². The van der Waals surface area contributed by atoms with Gasteiger partial charge in [0.1, 0.15) is 0 Å². The molecule has 0 heterocycles. The van der Waals surface area contributed by atoms with Crippen molar-refractivity contribution < 1.29 is 14.3 Å². The third-order valence-corrected chi connectivity index (χ3v) is 3.20. The summed E-state index contributed by atoms with van der Waals surface area (Å²) < 4.78 is 4.89. The van der Waals surface area contributed by atoms with Crippen LogP contribution in [0.1, 0.15) is 28.4 Å². The van der Waals surface area contributed by atoms with Gasteiger partial charge in [-0.15, -0.1) is 0 Å². The van der Waals surface area contributed by atoms with E-state index in [1.54, 1.807) is 49.4 Å². The molecule has 4 N–H and O–H groups in total. The normalized spacial score (nSPS) is 10.2. The second-order valence-corrected chi connectivity index (χ2v) is 4.85. The molecule has 5 heteroatoms. The van der Waals surface area contributed by atoms with Crippen LogP contribution < -0.4 is 11.5 Å². The molecule has 0 radical (unpaired) electrons. The Morgan fingerprint density at radius 1 is 1.05 bits per heavy atom. The highest BCUT2D eigenvalue weighted by Gasteiger charge is 2.13. The van der Waals surface area contributed by atoms with Crippen molar-refractivity contribution >= 4 is 23.1 Å². The van der Waals surface area contributed by atoms with Gasteiger partial charge >= 0.3 is 5.97 Å². The first-order valence-electron chi connectivity index (χ1n) is 6.95. The van der Waals surface area contributed by atoms with Gasteiger partial charge in [0.2, 0.25) is 0 Å². The summed E-state index contributed by atoms with van der Waals surface area (Å²) in [4.78, 5) is 23.9. The molecule has 0 saturated carbocycles. The molecule has 2 aromatic carbocycles. The summed E-state index contributed by atoms with van der Waals surface area (Å²) in [5, 5.41) is 0. The Morgan fingerprint density at radius 2 is 1.77 bits per heavy atom. The number of anilines is 2. The molecule has 0 amide bonds. The summed E-state index contributed by atoms with van der Waals surface area (Å²) >= 11 is 0. The third kappa shape index (κ3) is 3.63. The molecule has 0 unspecified atom stereocenters. The van der Waals surface area contributed by atoms with E-state index in [4.69, 9.17) is 16.2 Å². The molecule has 0 fully saturated rings. The first-order chi connectivity index (χ1) is 10.5. The SMILES string of the molecule is CCOC(=O)Cc1ccc(C(=O)c2cccc(N)c2)cc1N. The predicted molar refractivity (Wildman–Crippen MR) is 85.5 cm³/mol. The van der Waals surface area contributed by atoms with E-state index in [9.17, 15) is 9.59 Å². The minimum absolute atomic E-state index is 0.0897. The fourth-order valence-corrected chi connectivity index (χ4v) is 2.11. The smallest absolute Gasteiger partial charge is 0.310 e. The van der Waals surface area contributed by atoms with Gasteiger partial charge in [0, 0.05) is 22.5 Å². The average Bonchev–Trinajstić information content (AvgIpc) is 2.49. The van der Waals surface area contributed by atoms with Crippen molar-refractivity contribution in [3.63, 3.8) is 0 Å². The van der Waals surface area contributed by atoms with E-state index in [1.807, 2.05) is 0 Å². The Bertz CT molecular complexity index is 711. The van der Waals surface area contributed by atoms with Gasteiger partial charge in [-0.3, -0.25) is 9.59 Å². The van der Waals surface area contributed by atoms with E-state index in [-0.39, 0.29) is 18.2 Å². The van der Waals surface area contributed by atoms with E-state index < -0.39 is 0 Å². The van der Waals surface area contributed by atoms with Gasteiger partial charge in [-0.1, -0.05) is 24.3 Å². The zero-order valence-corrected chi connectivity index (χ0v) is 12.3. The molecular formula is C17H18N2O3. The van der Waals surface area contributed by atoms with Crippen molar-refractivity contribution in [3.8, 4) is 0 Å². The largest absolute Gasteiger partial charge is 0.466 e. The van der Waals surface area contributed by atoms with Gasteiger partial charge in [0.05, 0.1) is 13.0 Å². The number of nitrogen functional groups attached to an aromatic ring is 2. The lowest BCUT2D eigenvalue weighted by molar-refractivity contribution is -0.142. The Labute approximate surface area is 128 Å². The summed E-state index contributed by atoms with van der Waals surface area (Å²) in [5.74, 6) is -0.509. The van der Waals surface area contributed by atoms with Gasteiger partial charge in [-0.2, -0.15) is 0 Å². The fraction of sp³-hybridized carbons (Fsp3) is 0.176. The van der Waals surface area contributed by atoms with Crippen LogP contribution in [0, 0.1) is 0 Å².